The summed E-state index contributed by atoms with van der Waals surface area (Å²) in [7, 11) is 1.62. The smallest absolute Gasteiger partial charge is 0.325 e. The SMILES string of the molecule is CNC(C(=O)O)c1ccc(OC(C)C)cc1. The first kappa shape index (κ1) is 12.5. The maximum atomic E-state index is 10.9. The number of hydrogen-bond acceptors (Lipinski definition) is 3. The second-order valence-electron chi connectivity index (χ2n) is 3.80. The normalized spacial score (nSPS) is 12.5. The summed E-state index contributed by atoms with van der Waals surface area (Å²) in [6.07, 6.45) is 0.116. The third-order valence-corrected chi connectivity index (χ3v) is 2.12. The lowest BCUT2D eigenvalue weighted by Gasteiger charge is -2.13. The van der Waals surface area contributed by atoms with Crippen molar-refractivity contribution in [2.45, 2.75) is 26.0 Å². The van der Waals surface area contributed by atoms with Gasteiger partial charge in [0.2, 0.25) is 0 Å². The standard InChI is InChI=1S/C12H17NO3/c1-8(2)16-10-6-4-9(5-7-10)11(13-3)12(14)15/h4-8,11,13H,1-3H3,(H,14,15). The Bertz CT molecular complexity index is 346. The van der Waals surface area contributed by atoms with Crippen LogP contribution in [0.25, 0.3) is 0 Å². The van der Waals surface area contributed by atoms with Crippen LogP contribution in [0.5, 0.6) is 5.75 Å². The fourth-order valence-electron chi connectivity index (χ4n) is 1.44. The summed E-state index contributed by atoms with van der Waals surface area (Å²) in [5, 5.41) is 11.7. The molecule has 0 saturated heterocycles. The molecule has 88 valence electrons. The number of likely N-dealkylation sites (N-methyl/N-ethyl adjacent to an activating group) is 1. The van der Waals surface area contributed by atoms with Crippen molar-refractivity contribution in [1.29, 1.82) is 0 Å². The zero-order valence-electron chi connectivity index (χ0n) is 9.73. The van der Waals surface area contributed by atoms with Gasteiger partial charge in [0.15, 0.2) is 0 Å². The number of hydrogen-bond donors (Lipinski definition) is 2. The van der Waals surface area contributed by atoms with Crippen LogP contribution in [-0.2, 0) is 4.79 Å². The van der Waals surface area contributed by atoms with Crippen LogP contribution < -0.4 is 10.1 Å². The molecule has 1 aromatic rings. The number of benzene rings is 1. The van der Waals surface area contributed by atoms with Crippen molar-refractivity contribution in [3.63, 3.8) is 0 Å². The van der Waals surface area contributed by atoms with Gasteiger partial charge in [-0.1, -0.05) is 12.1 Å². The molecule has 0 saturated carbocycles. The first-order valence-corrected chi connectivity index (χ1v) is 5.21. The molecule has 1 atom stereocenters. The highest BCUT2D eigenvalue weighted by molar-refractivity contribution is 5.75. The van der Waals surface area contributed by atoms with Gasteiger partial charge >= 0.3 is 5.97 Å². The molecular weight excluding hydrogens is 206 g/mol. The maximum Gasteiger partial charge on any atom is 0.325 e. The minimum atomic E-state index is -0.889. The molecule has 1 aromatic carbocycles. The van der Waals surface area contributed by atoms with E-state index in [4.69, 9.17) is 9.84 Å². The molecule has 0 aliphatic rings. The Morgan fingerprint density at radius 3 is 2.25 bits per heavy atom. The lowest BCUT2D eigenvalue weighted by molar-refractivity contribution is -0.139. The van der Waals surface area contributed by atoms with E-state index in [0.29, 0.717) is 5.56 Å². The second-order valence-corrected chi connectivity index (χ2v) is 3.80. The second kappa shape index (κ2) is 5.51. The number of carboxylic acid groups (broad SMARTS) is 1. The number of rotatable bonds is 5. The largest absolute Gasteiger partial charge is 0.491 e. The molecule has 2 N–H and O–H groups in total. The summed E-state index contributed by atoms with van der Waals surface area (Å²) >= 11 is 0. The van der Waals surface area contributed by atoms with E-state index < -0.39 is 12.0 Å². The van der Waals surface area contributed by atoms with E-state index in [1.165, 1.54) is 0 Å². The summed E-state index contributed by atoms with van der Waals surface area (Å²) in [5.41, 5.74) is 0.714. The van der Waals surface area contributed by atoms with Crippen molar-refractivity contribution < 1.29 is 14.6 Å². The van der Waals surface area contributed by atoms with Crippen LogP contribution in [0.3, 0.4) is 0 Å². The van der Waals surface area contributed by atoms with Crippen LogP contribution in [0.2, 0.25) is 0 Å². The first-order chi connectivity index (χ1) is 7.54. The molecule has 0 aliphatic carbocycles. The first-order valence-electron chi connectivity index (χ1n) is 5.21. The van der Waals surface area contributed by atoms with E-state index in [0.717, 1.165) is 5.75 Å². The van der Waals surface area contributed by atoms with Gasteiger partial charge in [0.25, 0.3) is 0 Å². The molecule has 16 heavy (non-hydrogen) atoms. The summed E-state index contributed by atoms with van der Waals surface area (Å²) in [6.45, 7) is 3.89. The molecule has 1 unspecified atom stereocenters. The Morgan fingerprint density at radius 2 is 1.88 bits per heavy atom. The Kier molecular flexibility index (Phi) is 4.31. The number of carboxylic acids is 1. The van der Waals surface area contributed by atoms with E-state index in [9.17, 15) is 4.79 Å². The van der Waals surface area contributed by atoms with Crippen molar-refractivity contribution in [3.05, 3.63) is 29.8 Å². The molecular formula is C12H17NO3. The third kappa shape index (κ3) is 3.24. The van der Waals surface area contributed by atoms with Crippen LogP contribution >= 0.6 is 0 Å². The van der Waals surface area contributed by atoms with Crippen LogP contribution in [0, 0.1) is 0 Å². The molecule has 0 heterocycles. The van der Waals surface area contributed by atoms with Crippen LogP contribution in [-0.4, -0.2) is 24.2 Å². The molecule has 1 rings (SSSR count). The van der Waals surface area contributed by atoms with E-state index in [-0.39, 0.29) is 6.10 Å². The monoisotopic (exact) mass is 223 g/mol. The van der Waals surface area contributed by atoms with E-state index >= 15 is 0 Å². The lowest BCUT2D eigenvalue weighted by atomic mass is 10.1. The number of aliphatic carboxylic acids is 1. The van der Waals surface area contributed by atoms with Gasteiger partial charge in [0.1, 0.15) is 11.8 Å². The third-order valence-electron chi connectivity index (χ3n) is 2.12. The van der Waals surface area contributed by atoms with E-state index in [1.807, 2.05) is 13.8 Å². The lowest BCUT2D eigenvalue weighted by Crippen LogP contribution is -2.24. The van der Waals surface area contributed by atoms with E-state index in [2.05, 4.69) is 5.32 Å². The van der Waals surface area contributed by atoms with Crippen LogP contribution in [0.15, 0.2) is 24.3 Å². The predicted octanol–water partition coefficient (Wildman–Crippen LogP) is 1.82. The highest BCUT2D eigenvalue weighted by Gasteiger charge is 2.16. The molecule has 0 aliphatic heterocycles. The summed E-state index contributed by atoms with van der Waals surface area (Å²) in [4.78, 5) is 10.9. The molecule has 4 heteroatoms. The van der Waals surface area contributed by atoms with Crippen molar-refractivity contribution >= 4 is 5.97 Å². The zero-order valence-corrected chi connectivity index (χ0v) is 9.73. The van der Waals surface area contributed by atoms with Gasteiger partial charge in [-0.15, -0.1) is 0 Å². The van der Waals surface area contributed by atoms with Gasteiger partial charge in [-0.2, -0.15) is 0 Å². The highest BCUT2D eigenvalue weighted by atomic mass is 16.5. The van der Waals surface area contributed by atoms with Crippen molar-refractivity contribution in [1.82, 2.24) is 5.32 Å². The van der Waals surface area contributed by atoms with Gasteiger partial charge in [-0.05, 0) is 38.6 Å². The van der Waals surface area contributed by atoms with Gasteiger partial charge < -0.3 is 15.2 Å². The number of nitrogens with one attached hydrogen (secondary N) is 1. The Hall–Kier alpha value is -1.55. The Morgan fingerprint density at radius 1 is 1.31 bits per heavy atom. The van der Waals surface area contributed by atoms with Crippen LogP contribution in [0.4, 0.5) is 0 Å². The molecule has 0 aromatic heterocycles. The Balaban J connectivity index is 2.81. The van der Waals surface area contributed by atoms with Gasteiger partial charge in [0.05, 0.1) is 6.10 Å². The van der Waals surface area contributed by atoms with Crippen LogP contribution in [0.1, 0.15) is 25.5 Å². The summed E-state index contributed by atoms with van der Waals surface area (Å²) < 4.78 is 5.48. The molecule has 0 fully saturated rings. The quantitative estimate of drug-likeness (QED) is 0.799. The zero-order chi connectivity index (χ0) is 12.1. The Labute approximate surface area is 95.2 Å². The molecule has 4 nitrogen and oxygen atoms in total. The average molecular weight is 223 g/mol. The van der Waals surface area contributed by atoms with Crippen molar-refractivity contribution in [2.24, 2.45) is 0 Å². The topological polar surface area (TPSA) is 58.6 Å². The van der Waals surface area contributed by atoms with Gasteiger partial charge in [0, 0.05) is 0 Å². The van der Waals surface area contributed by atoms with Crippen molar-refractivity contribution in [2.75, 3.05) is 7.05 Å². The fraction of sp³-hybridized carbons (Fsp3) is 0.417. The molecule has 0 bridgehead atoms. The average Bonchev–Trinajstić information content (AvgIpc) is 2.20. The summed E-state index contributed by atoms with van der Waals surface area (Å²) in [6, 6.07) is 6.40. The maximum absolute atomic E-state index is 10.9. The van der Waals surface area contributed by atoms with Crippen molar-refractivity contribution in [3.8, 4) is 5.75 Å². The minimum Gasteiger partial charge on any atom is -0.491 e. The predicted molar refractivity (Wildman–Crippen MR) is 61.6 cm³/mol. The molecule has 0 radical (unpaired) electrons. The highest BCUT2D eigenvalue weighted by Crippen LogP contribution is 2.18. The minimum absolute atomic E-state index is 0.116. The van der Waals surface area contributed by atoms with E-state index in [1.54, 1.807) is 31.3 Å². The fourth-order valence-corrected chi connectivity index (χ4v) is 1.44. The number of ether oxygens (including phenoxy) is 1. The molecule has 0 amide bonds. The molecule has 0 spiro atoms. The van der Waals surface area contributed by atoms with Gasteiger partial charge in [-0.3, -0.25) is 4.79 Å². The number of carbonyl (C=O) groups is 1. The van der Waals surface area contributed by atoms with Gasteiger partial charge in [-0.25, -0.2) is 0 Å². The summed E-state index contributed by atoms with van der Waals surface area (Å²) in [5.74, 6) is -0.140.